The average Bonchev–Trinajstić information content (AvgIpc) is 2.57. The van der Waals surface area contributed by atoms with E-state index in [0.29, 0.717) is 36.2 Å². The number of carbonyl (C=O) groups excluding carboxylic acids is 1. The SMILES string of the molecule is COCCCN(Cc1ccncc1)C(=O)c1ccc(Br)c(F)c1. The zero-order chi connectivity index (χ0) is 16.7. The molecule has 23 heavy (non-hydrogen) atoms. The quantitative estimate of drug-likeness (QED) is 0.688. The van der Waals surface area contributed by atoms with Crippen LogP contribution in [0.2, 0.25) is 0 Å². The monoisotopic (exact) mass is 380 g/mol. The number of nitrogens with zero attached hydrogens (tertiary/aromatic N) is 2. The highest BCUT2D eigenvalue weighted by Crippen LogP contribution is 2.18. The van der Waals surface area contributed by atoms with Crippen molar-refractivity contribution in [2.45, 2.75) is 13.0 Å². The maximum atomic E-state index is 13.7. The number of rotatable bonds is 7. The van der Waals surface area contributed by atoms with Gasteiger partial charge in [0.2, 0.25) is 0 Å². The summed E-state index contributed by atoms with van der Waals surface area (Å²) in [4.78, 5) is 18.4. The lowest BCUT2D eigenvalue weighted by molar-refractivity contribution is 0.0723. The number of ether oxygens (including phenoxy) is 1. The van der Waals surface area contributed by atoms with Gasteiger partial charge in [0.05, 0.1) is 4.47 Å². The van der Waals surface area contributed by atoms with E-state index in [-0.39, 0.29) is 5.91 Å². The van der Waals surface area contributed by atoms with E-state index in [9.17, 15) is 9.18 Å². The summed E-state index contributed by atoms with van der Waals surface area (Å²) in [5.74, 6) is -0.652. The fourth-order valence-corrected chi connectivity index (χ4v) is 2.42. The molecule has 0 aliphatic carbocycles. The van der Waals surface area contributed by atoms with Gasteiger partial charge in [-0.05, 0) is 58.2 Å². The van der Waals surface area contributed by atoms with Crippen LogP contribution in [0.15, 0.2) is 47.2 Å². The summed E-state index contributed by atoms with van der Waals surface area (Å²) in [6.07, 6.45) is 4.09. The van der Waals surface area contributed by atoms with Gasteiger partial charge in [-0.25, -0.2) is 4.39 Å². The summed E-state index contributed by atoms with van der Waals surface area (Å²) in [6.45, 7) is 1.55. The molecule has 0 fully saturated rings. The van der Waals surface area contributed by atoms with Crippen LogP contribution in [-0.2, 0) is 11.3 Å². The van der Waals surface area contributed by atoms with Gasteiger partial charge < -0.3 is 9.64 Å². The maximum Gasteiger partial charge on any atom is 0.254 e. The van der Waals surface area contributed by atoms with Crippen LogP contribution in [0.1, 0.15) is 22.3 Å². The number of hydrogen-bond acceptors (Lipinski definition) is 3. The molecule has 4 nitrogen and oxygen atoms in total. The summed E-state index contributed by atoms with van der Waals surface area (Å²) >= 11 is 3.10. The van der Waals surface area contributed by atoms with Gasteiger partial charge in [-0.15, -0.1) is 0 Å². The van der Waals surface area contributed by atoms with Gasteiger partial charge in [-0.2, -0.15) is 0 Å². The molecule has 6 heteroatoms. The van der Waals surface area contributed by atoms with Crippen LogP contribution < -0.4 is 0 Å². The molecule has 0 atom stereocenters. The largest absolute Gasteiger partial charge is 0.385 e. The van der Waals surface area contributed by atoms with Gasteiger partial charge in [-0.3, -0.25) is 9.78 Å². The summed E-state index contributed by atoms with van der Waals surface area (Å²) < 4.78 is 19.1. The van der Waals surface area contributed by atoms with Crippen LogP contribution in [0.5, 0.6) is 0 Å². The molecule has 1 heterocycles. The fraction of sp³-hybridized carbons (Fsp3) is 0.294. The second-order valence-electron chi connectivity index (χ2n) is 5.06. The molecule has 2 aromatic rings. The minimum absolute atomic E-state index is 0.204. The highest BCUT2D eigenvalue weighted by molar-refractivity contribution is 9.10. The molecule has 1 aromatic heterocycles. The van der Waals surface area contributed by atoms with E-state index in [1.165, 1.54) is 6.07 Å². The lowest BCUT2D eigenvalue weighted by atomic mass is 10.1. The third-order valence-electron chi connectivity index (χ3n) is 3.35. The van der Waals surface area contributed by atoms with Crippen molar-refractivity contribution in [2.24, 2.45) is 0 Å². The Kier molecular flexibility index (Phi) is 6.67. The molecule has 0 N–H and O–H groups in total. The minimum atomic E-state index is -0.448. The first-order valence-corrected chi connectivity index (χ1v) is 8.03. The van der Waals surface area contributed by atoms with Crippen molar-refractivity contribution in [1.82, 2.24) is 9.88 Å². The Labute approximate surface area is 143 Å². The number of hydrogen-bond donors (Lipinski definition) is 0. The fourth-order valence-electron chi connectivity index (χ4n) is 2.17. The Morgan fingerprint density at radius 1 is 1.30 bits per heavy atom. The van der Waals surface area contributed by atoms with E-state index in [1.807, 2.05) is 12.1 Å². The van der Waals surface area contributed by atoms with Crippen molar-refractivity contribution in [2.75, 3.05) is 20.3 Å². The minimum Gasteiger partial charge on any atom is -0.385 e. The van der Waals surface area contributed by atoms with Gasteiger partial charge in [-0.1, -0.05) is 0 Å². The number of methoxy groups -OCH3 is 1. The summed E-state index contributed by atoms with van der Waals surface area (Å²) in [5, 5.41) is 0. The Hall–Kier alpha value is -1.79. The first-order chi connectivity index (χ1) is 11.1. The van der Waals surface area contributed by atoms with E-state index in [4.69, 9.17) is 4.74 Å². The summed E-state index contributed by atoms with van der Waals surface area (Å²) in [7, 11) is 1.62. The normalized spacial score (nSPS) is 10.6. The Morgan fingerprint density at radius 3 is 2.70 bits per heavy atom. The topological polar surface area (TPSA) is 42.4 Å². The lowest BCUT2D eigenvalue weighted by Gasteiger charge is -2.23. The Balaban J connectivity index is 2.17. The average molecular weight is 381 g/mol. The van der Waals surface area contributed by atoms with E-state index >= 15 is 0 Å². The Bertz CT molecular complexity index is 652. The molecular formula is C17H18BrFN2O2. The number of amides is 1. The number of aromatic nitrogens is 1. The molecule has 2 rings (SSSR count). The zero-order valence-electron chi connectivity index (χ0n) is 12.8. The van der Waals surface area contributed by atoms with Crippen LogP contribution in [0.4, 0.5) is 4.39 Å². The van der Waals surface area contributed by atoms with Gasteiger partial charge in [0.25, 0.3) is 5.91 Å². The molecule has 0 saturated carbocycles. The third-order valence-corrected chi connectivity index (χ3v) is 4.00. The van der Waals surface area contributed by atoms with Crippen LogP contribution in [0.3, 0.4) is 0 Å². The number of carbonyl (C=O) groups is 1. The predicted octanol–water partition coefficient (Wildman–Crippen LogP) is 3.66. The zero-order valence-corrected chi connectivity index (χ0v) is 14.4. The van der Waals surface area contributed by atoms with Crippen molar-refractivity contribution in [3.05, 3.63) is 64.1 Å². The molecule has 1 aromatic carbocycles. The number of benzene rings is 1. The second-order valence-corrected chi connectivity index (χ2v) is 5.91. The van der Waals surface area contributed by atoms with E-state index in [1.54, 1.807) is 36.5 Å². The van der Waals surface area contributed by atoms with E-state index in [0.717, 1.165) is 5.56 Å². The molecule has 0 unspecified atom stereocenters. The molecule has 122 valence electrons. The van der Waals surface area contributed by atoms with Crippen molar-refractivity contribution in [1.29, 1.82) is 0 Å². The molecular weight excluding hydrogens is 363 g/mol. The molecule has 0 spiro atoms. The van der Waals surface area contributed by atoms with Crippen LogP contribution >= 0.6 is 15.9 Å². The molecule has 0 bridgehead atoms. The van der Waals surface area contributed by atoms with Crippen molar-refractivity contribution < 1.29 is 13.9 Å². The van der Waals surface area contributed by atoms with Crippen LogP contribution in [-0.4, -0.2) is 36.1 Å². The van der Waals surface area contributed by atoms with Gasteiger partial charge in [0.1, 0.15) is 5.82 Å². The Morgan fingerprint density at radius 2 is 2.04 bits per heavy atom. The summed E-state index contributed by atoms with van der Waals surface area (Å²) in [5.41, 5.74) is 1.31. The van der Waals surface area contributed by atoms with Gasteiger partial charge in [0, 0.05) is 44.8 Å². The van der Waals surface area contributed by atoms with Crippen molar-refractivity contribution >= 4 is 21.8 Å². The third kappa shape index (κ3) is 5.11. The number of halogens is 2. The smallest absolute Gasteiger partial charge is 0.254 e. The first kappa shape index (κ1) is 17.6. The second kappa shape index (κ2) is 8.74. The van der Waals surface area contributed by atoms with Crippen molar-refractivity contribution in [3.8, 4) is 0 Å². The van der Waals surface area contributed by atoms with E-state index in [2.05, 4.69) is 20.9 Å². The van der Waals surface area contributed by atoms with Crippen molar-refractivity contribution in [3.63, 3.8) is 0 Å². The highest BCUT2D eigenvalue weighted by atomic mass is 79.9. The first-order valence-electron chi connectivity index (χ1n) is 7.24. The highest BCUT2D eigenvalue weighted by Gasteiger charge is 2.17. The molecule has 0 aliphatic heterocycles. The summed E-state index contributed by atoms with van der Waals surface area (Å²) in [6, 6.07) is 8.13. The standard InChI is InChI=1S/C17H18BrFN2O2/c1-23-10-2-9-21(12-13-5-7-20-8-6-13)17(22)14-3-4-15(18)16(19)11-14/h3-8,11H,2,9-10,12H2,1H3. The molecule has 0 saturated heterocycles. The predicted molar refractivity (Wildman–Crippen MR) is 89.6 cm³/mol. The lowest BCUT2D eigenvalue weighted by Crippen LogP contribution is -2.32. The van der Waals surface area contributed by atoms with Gasteiger partial charge in [0.15, 0.2) is 0 Å². The molecule has 0 radical (unpaired) electrons. The van der Waals surface area contributed by atoms with Crippen LogP contribution in [0, 0.1) is 5.82 Å². The van der Waals surface area contributed by atoms with E-state index < -0.39 is 5.82 Å². The maximum absolute atomic E-state index is 13.7. The molecule has 1 amide bonds. The van der Waals surface area contributed by atoms with Gasteiger partial charge >= 0.3 is 0 Å². The number of pyridine rings is 1. The van der Waals surface area contributed by atoms with Crippen LogP contribution in [0.25, 0.3) is 0 Å². The molecule has 0 aliphatic rings.